The lowest BCUT2D eigenvalue weighted by Crippen LogP contribution is -2.20. The van der Waals surface area contributed by atoms with E-state index in [9.17, 15) is 4.39 Å². The van der Waals surface area contributed by atoms with Crippen LogP contribution in [0.25, 0.3) is 0 Å². The quantitative estimate of drug-likeness (QED) is 0.638. The maximum atomic E-state index is 12.9. The Morgan fingerprint density at radius 3 is 2.50 bits per heavy atom. The van der Waals surface area contributed by atoms with Crippen molar-refractivity contribution in [2.24, 2.45) is 11.8 Å². The van der Waals surface area contributed by atoms with Gasteiger partial charge in [-0.25, -0.2) is 4.98 Å². The lowest BCUT2D eigenvalue weighted by Gasteiger charge is -2.16. The van der Waals surface area contributed by atoms with Crippen molar-refractivity contribution in [1.29, 1.82) is 0 Å². The van der Waals surface area contributed by atoms with Crippen molar-refractivity contribution in [3.63, 3.8) is 0 Å². The van der Waals surface area contributed by atoms with Gasteiger partial charge in [-0.2, -0.15) is 4.39 Å². The first-order valence-corrected chi connectivity index (χ1v) is 5.04. The summed E-state index contributed by atoms with van der Waals surface area (Å²) in [5, 5.41) is 0. The van der Waals surface area contributed by atoms with Crippen LogP contribution < -0.4 is 4.90 Å². The summed E-state index contributed by atoms with van der Waals surface area (Å²) < 4.78 is 12.9. The van der Waals surface area contributed by atoms with Crippen molar-refractivity contribution in [2.45, 2.75) is 13.8 Å². The molecule has 2 nitrogen and oxygen atoms in total. The molecule has 1 aliphatic heterocycles. The largest absolute Gasteiger partial charge is 0.356 e. The van der Waals surface area contributed by atoms with E-state index < -0.39 is 5.95 Å². The van der Waals surface area contributed by atoms with E-state index in [0.717, 1.165) is 18.9 Å². The lowest BCUT2D eigenvalue weighted by molar-refractivity contribution is 0.494. The average molecular weight is 194 g/mol. The first kappa shape index (κ1) is 9.44. The fourth-order valence-corrected chi connectivity index (χ4v) is 1.89. The summed E-state index contributed by atoms with van der Waals surface area (Å²) in [5.41, 5.74) is 0. The number of halogens is 1. The van der Waals surface area contributed by atoms with Crippen molar-refractivity contribution >= 4 is 5.82 Å². The number of anilines is 1. The molecule has 76 valence electrons. The number of hydrogen-bond acceptors (Lipinski definition) is 2. The zero-order chi connectivity index (χ0) is 10.1. The third-order valence-electron chi connectivity index (χ3n) is 3.01. The predicted octanol–water partition coefficient (Wildman–Crippen LogP) is 2.31. The summed E-state index contributed by atoms with van der Waals surface area (Å²) >= 11 is 0. The van der Waals surface area contributed by atoms with E-state index in [1.807, 2.05) is 6.07 Å². The number of rotatable bonds is 1. The van der Waals surface area contributed by atoms with E-state index in [0.29, 0.717) is 11.8 Å². The Balaban J connectivity index is 2.17. The number of nitrogens with zero attached hydrogens (tertiary/aromatic N) is 2. The smallest absolute Gasteiger partial charge is 0.214 e. The average Bonchev–Trinajstić information content (AvgIpc) is 2.47. The van der Waals surface area contributed by atoms with E-state index in [-0.39, 0.29) is 0 Å². The van der Waals surface area contributed by atoms with Crippen LogP contribution in [0.15, 0.2) is 18.2 Å². The molecule has 0 amide bonds. The lowest BCUT2D eigenvalue weighted by atomic mass is 10.0. The molecule has 1 fully saturated rings. The molecular weight excluding hydrogens is 179 g/mol. The zero-order valence-electron chi connectivity index (χ0n) is 8.57. The molecule has 1 saturated heterocycles. The third-order valence-corrected chi connectivity index (χ3v) is 3.01. The van der Waals surface area contributed by atoms with Gasteiger partial charge in [0, 0.05) is 13.1 Å². The molecule has 2 atom stereocenters. The van der Waals surface area contributed by atoms with E-state index in [1.165, 1.54) is 6.07 Å². The Labute approximate surface area is 83.8 Å². The Morgan fingerprint density at radius 2 is 1.93 bits per heavy atom. The van der Waals surface area contributed by atoms with E-state index in [2.05, 4.69) is 23.7 Å². The Hall–Kier alpha value is -1.12. The molecule has 2 rings (SSSR count). The molecule has 0 saturated carbocycles. The molecular formula is C11H15FN2. The van der Waals surface area contributed by atoms with Gasteiger partial charge in [0.1, 0.15) is 5.82 Å². The zero-order valence-corrected chi connectivity index (χ0v) is 8.57. The van der Waals surface area contributed by atoms with Crippen molar-refractivity contribution < 1.29 is 4.39 Å². The van der Waals surface area contributed by atoms with Crippen LogP contribution in [0, 0.1) is 17.8 Å². The van der Waals surface area contributed by atoms with Gasteiger partial charge in [0.05, 0.1) is 0 Å². The highest BCUT2D eigenvalue weighted by Gasteiger charge is 2.26. The first-order valence-electron chi connectivity index (χ1n) is 5.04. The van der Waals surface area contributed by atoms with Gasteiger partial charge in [0.15, 0.2) is 0 Å². The topological polar surface area (TPSA) is 16.1 Å². The molecule has 3 heteroatoms. The van der Waals surface area contributed by atoms with Crippen LogP contribution in [0.3, 0.4) is 0 Å². The van der Waals surface area contributed by atoms with Gasteiger partial charge in [0.25, 0.3) is 0 Å². The summed E-state index contributed by atoms with van der Waals surface area (Å²) in [5.74, 6) is 1.70. The fourth-order valence-electron chi connectivity index (χ4n) is 1.89. The van der Waals surface area contributed by atoms with Gasteiger partial charge >= 0.3 is 0 Å². The van der Waals surface area contributed by atoms with Crippen LogP contribution in [0.5, 0.6) is 0 Å². The molecule has 2 unspecified atom stereocenters. The van der Waals surface area contributed by atoms with Crippen LogP contribution in [0.2, 0.25) is 0 Å². The van der Waals surface area contributed by atoms with Gasteiger partial charge in [-0.15, -0.1) is 0 Å². The molecule has 1 aromatic rings. The number of hydrogen-bond donors (Lipinski definition) is 0. The molecule has 0 spiro atoms. The van der Waals surface area contributed by atoms with Crippen molar-refractivity contribution in [2.75, 3.05) is 18.0 Å². The maximum Gasteiger partial charge on any atom is 0.214 e. The van der Waals surface area contributed by atoms with Crippen LogP contribution in [0.1, 0.15) is 13.8 Å². The first-order chi connectivity index (χ1) is 6.66. The van der Waals surface area contributed by atoms with Crippen LogP contribution in [-0.4, -0.2) is 18.1 Å². The van der Waals surface area contributed by atoms with Crippen LogP contribution in [-0.2, 0) is 0 Å². The summed E-state index contributed by atoms with van der Waals surface area (Å²) in [4.78, 5) is 6.03. The van der Waals surface area contributed by atoms with Gasteiger partial charge in [0.2, 0.25) is 5.95 Å². The summed E-state index contributed by atoms with van der Waals surface area (Å²) in [7, 11) is 0. The fraction of sp³-hybridized carbons (Fsp3) is 0.545. The number of pyridine rings is 1. The number of aromatic nitrogens is 1. The molecule has 2 heterocycles. The van der Waals surface area contributed by atoms with Crippen LogP contribution >= 0.6 is 0 Å². The Morgan fingerprint density at radius 1 is 1.29 bits per heavy atom. The third kappa shape index (κ3) is 1.72. The molecule has 14 heavy (non-hydrogen) atoms. The summed E-state index contributed by atoms with van der Waals surface area (Å²) in [6.07, 6.45) is 0. The minimum atomic E-state index is -0.394. The van der Waals surface area contributed by atoms with Gasteiger partial charge in [-0.05, 0) is 24.0 Å². The second kappa shape index (κ2) is 3.56. The van der Waals surface area contributed by atoms with Crippen molar-refractivity contribution in [3.05, 3.63) is 24.1 Å². The molecule has 1 aliphatic rings. The summed E-state index contributed by atoms with van der Waals surface area (Å²) in [6, 6.07) is 4.96. The van der Waals surface area contributed by atoms with Crippen molar-refractivity contribution in [1.82, 2.24) is 4.98 Å². The maximum absolute atomic E-state index is 12.9. The molecule has 0 aromatic carbocycles. The van der Waals surface area contributed by atoms with E-state index in [1.54, 1.807) is 6.07 Å². The monoisotopic (exact) mass is 194 g/mol. The highest BCUT2D eigenvalue weighted by atomic mass is 19.1. The van der Waals surface area contributed by atoms with E-state index >= 15 is 0 Å². The molecule has 0 aliphatic carbocycles. The van der Waals surface area contributed by atoms with Gasteiger partial charge in [-0.3, -0.25) is 0 Å². The highest BCUT2D eigenvalue weighted by Crippen LogP contribution is 2.26. The predicted molar refractivity (Wildman–Crippen MR) is 54.7 cm³/mol. The molecule has 1 aromatic heterocycles. The normalized spacial score (nSPS) is 26.9. The highest BCUT2D eigenvalue weighted by molar-refractivity contribution is 5.39. The van der Waals surface area contributed by atoms with Gasteiger partial charge < -0.3 is 4.90 Å². The summed E-state index contributed by atoms with van der Waals surface area (Å²) in [6.45, 7) is 6.42. The molecule has 0 bridgehead atoms. The molecule has 0 N–H and O–H groups in total. The standard InChI is InChI=1S/C11H15FN2/c1-8-6-14(7-9(8)2)11-5-3-4-10(12)13-11/h3-5,8-9H,6-7H2,1-2H3. The van der Waals surface area contributed by atoms with Gasteiger partial charge in [-0.1, -0.05) is 19.9 Å². The second-order valence-corrected chi connectivity index (χ2v) is 4.18. The minimum Gasteiger partial charge on any atom is -0.356 e. The Kier molecular flexibility index (Phi) is 2.40. The van der Waals surface area contributed by atoms with Crippen molar-refractivity contribution in [3.8, 4) is 0 Å². The SMILES string of the molecule is CC1CN(c2cccc(F)n2)CC1C. The minimum absolute atomic E-state index is 0.394. The van der Waals surface area contributed by atoms with E-state index in [4.69, 9.17) is 0 Å². The van der Waals surface area contributed by atoms with Crippen LogP contribution in [0.4, 0.5) is 10.2 Å². The Bertz CT molecular complexity index is 317. The second-order valence-electron chi connectivity index (χ2n) is 4.18. The molecule has 0 radical (unpaired) electrons.